The molecule has 1 aliphatic heterocycles. The fourth-order valence-corrected chi connectivity index (χ4v) is 2.38. The lowest BCUT2D eigenvalue weighted by atomic mass is 10.1. The number of nitrogens with zero attached hydrogens (tertiary/aromatic N) is 2. The Hall–Kier alpha value is -1.43. The van der Waals surface area contributed by atoms with Gasteiger partial charge >= 0.3 is 0 Å². The molecule has 5 nitrogen and oxygen atoms in total. The van der Waals surface area contributed by atoms with Crippen molar-refractivity contribution in [2.24, 2.45) is 11.7 Å². The molecule has 1 atom stereocenters. The van der Waals surface area contributed by atoms with E-state index < -0.39 is 0 Å². The fraction of sp³-hybridized carbons (Fsp3) is 0.500. The number of carbonyl (C=O) groups is 2. The van der Waals surface area contributed by atoms with E-state index in [9.17, 15) is 9.59 Å². The van der Waals surface area contributed by atoms with Crippen LogP contribution in [0.2, 0.25) is 0 Å². The average Bonchev–Trinajstić information content (AvgIpc) is 2.84. The minimum Gasteiger partial charge on any atom is -0.369 e. The summed E-state index contributed by atoms with van der Waals surface area (Å²) < 4.78 is 0. The molecule has 1 unspecified atom stereocenters. The summed E-state index contributed by atoms with van der Waals surface area (Å²) in [6.45, 7) is 1.07. The smallest absolute Gasteiger partial charge is 0.223 e. The summed E-state index contributed by atoms with van der Waals surface area (Å²) in [6, 6.07) is 0. The summed E-state index contributed by atoms with van der Waals surface area (Å²) in [5.74, 6) is -0.688. The van der Waals surface area contributed by atoms with Gasteiger partial charge in [0.15, 0.2) is 0 Å². The number of hydrogen-bond donors (Lipinski definition) is 1. The number of hydrogen-bond acceptors (Lipinski definition) is 4. The van der Waals surface area contributed by atoms with Crippen LogP contribution in [-0.2, 0) is 16.0 Å². The number of rotatable bonds is 4. The van der Waals surface area contributed by atoms with Gasteiger partial charge in [0, 0.05) is 31.3 Å². The fourth-order valence-electron chi connectivity index (χ4n) is 1.79. The summed E-state index contributed by atoms with van der Waals surface area (Å²) in [7, 11) is 0. The highest BCUT2D eigenvalue weighted by atomic mass is 32.1. The van der Waals surface area contributed by atoms with Gasteiger partial charge in [-0.25, -0.2) is 4.98 Å². The zero-order chi connectivity index (χ0) is 11.5. The van der Waals surface area contributed by atoms with E-state index in [1.807, 2.05) is 5.38 Å². The molecule has 6 heteroatoms. The number of carbonyl (C=O) groups excluding carboxylic acids is 2. The van der Waals surface area contributed by atoms with Crippen LogP contribution in [0.4, 0.5) is 0 Å². The van der Waals surface area contributed by atoms with Crippen LogP contribution >= 0.6 is 11.3 Å². The van der Waals surface area contributed by atoms with Crippen molar-refractivity contribution in [2.45, 2.75) is 12.8 Å². The van der Waals surface area contributed by atoms with Crippen LogP contribution in [0.25, 0.3) is 0 Å². The number of likely N-dealkylation sites (tertiary alicyclic amines) is 1. The van der Waals surface area contributed by atoms with E-state index in [-0.39, 0.29) is 24.2 Å². The van der Waals surface area contributed by atoms with Gasteiger partial charge in [-0.05, 0) is 0 Å². The van der Waals surface area contributed by atoms with Crippen molar-refractivity contribution in [3.63, 3.8) is 0 Å². The maximum Gasteiger partial charge on any atom is 0.223 e. The van der Waals surface area contributed by atoms with Crippen LogP contribution in [0, 0.1) is 5.92 Å². The van der Waals surface area contributed by atoms with Crippen LogP contribution in [0.3, 0.4) is 0 Å². The molecule has 1 saturated heterocycles. The minimum atomic E-state index is -0.385. The first-order valence-electron chi connectivity index (χ1n) is 5.11. The number of primary amides is 1. The predicted molar refractivity (Wildman–Crippen MR) is 59.7 cm³/mol. The van der Waals surface area contributed by atoms with Crippen LogP contribution in [0.15, 0.2) is 10.9 Å². The van der Waals surface area contributed by atoms with E-state index in [0.717, 1.165) is 12.1 Å². The molecule has 1 aliphatic rings. The Morgan fingerprint density at radius 3 is 3.06 bits per heavy atom. The third-order valence-electron chi connectivity index (χ3n) is 2.74. The Morgan fingerprint density at radius 2 is 2.50 bits per heavy atom. The number of amides is 2. The lowest BCUT2D eigenvalue weighted by Gasteiger charge is -2.14. The zero-order valence-electron chi connectivity index (χ0n) is 8.76. The lowest BCUT2D eigenvalue weighted by Crippen LogP contribution is -2.30. The molecule has 1 aromatic rings. The topological polar surface area (TPSA) is 76.3 Å². The molecular weight excluding hydrogens is 226 g/mol. The first kappa shape index (κ1) is 11.1. The molecule has 1 aromatic heterocycles. The molecular formula is C10H13N3O2S. The molecule has 0 spiro atoms. The first-order valence-corrected chi connectivity index (χ1v) is 6.05. The Bertz CT molecular complexity index is 391. The maximum atomic E-state index is 11.5. The van der Waals surface area contributed by atoms with Gasteiger partial charge in [-0.15, -0.1) is 11.3 Å². The third kappa shape index (κ3) is 2.38. The van der Waals surface area contributed by atoms with E-state index in [0.29, 0.717) is 13.1 Å². The number of nitrogens with two attached hydrogens (primary N) is 1. The number of aromatic nitrogens is 1. The first-order chi connectivity index (χ1) is 7.66. The van der Waals surface area contributed by atoms with Crippen molar-refractivity contribution in [1.29, 1.82) is 0 Å². The second kappa shape index (κ2) is 4.61. The summed E-state index contributed by atoms with van der Waals surface area (Å²) in [5, 5.41) is 1.96. The minimum absolute atomic E-state index is 0.0130. The van der Waals surface area contributed by atoms with Crippen molar-refractivity contribution in [1.82, 2.24) is 9.88 Å². The molecule has 0 saturated carbocycles. The molecule has 2 amide bonds. The molecule has 2 heterocycles. The van der Waals surface area contributed by atoms with E-state index in [4.69, 9.17) is 5.73 Å². The quantitative estimate of drug-likeness (QED) is 0.804. The normalized spacial score (nSPS) is 20.4. The van der Waals surface area contributed by atoms with E-state index >= 15 is 0 Å². The van der Waals surface area contributed by atoms with Gasteiger partial charge in [-0.3, -0.25) is 9.59 Å². The average molecular weight is 239 g/mol. The predicted octanol–water partition coefficient (Wildman–Crippen LogP) is 0.0194. The van der Waals surface area contributed by atoms with Crippen molar-refractivity contribution in [2.75, 3.05) is 13.1 Å². The van der Waals surface area contributed by atoms with Crippen LogP contribution < -0.4 is 5.73 Å². The van der Waals surface area contributed by atoms with Crippen molar-refractivity contribution in [3.05, 3.63) is 16.6 Å². The highest BCUT2D eigenvalue weighted by Crippen LogP contribution is 2.17. The van der Waals surface area contributed by atoms with Crippen LogP contribution in [0.5, 0.6) is 0 Å². The van der Waals surface area contributed by atoms with Crippen molar-refractivity contribution in [3.8, 4) is 0 Å². The van der Waals surface area contributed by atoms with Crippen molar-refractivity contribution < 1.29 is 9.59 Å². The number of thiazole rings is 1. The van der Waals surface area contributed by atoms with Crippen LogP contribution in [-0.4, -0.2) is 34.8 Å². The van der Waals surface area contributed by atoms with Gasteiger partial charge in [-0.2, -0.15) is 0 Å². The van der Waals surface area contributed by atoms with E-state index in [1.54, 1.807) is 10.4 Å². The summed E-state index contributed by atoms with van der Waals surface area (Å²) in [4.78, 5) is 28.3. The molecule has 0 aromatic carbocycles. The molecule has 2 N–H and O–H groups in total. The van der Waals surface area contributed by atoms with E-state index in [1.165, 1.54) is 11.3 Å². The second-order valence-corrected chi connectivity index (χ2v) is 4.59. The maximum absolute atomic E-state index is 11.5. The molecule has 0 bridgehead atoms. The Kier molecular flexibility index (Phi) is 3.19. The highest BCUT2D eigenvalue weighted by Gasteiger charge is 2.32. The summed E-state index contributed by atoms with van der Waals surface area (Å²) in [5.41, 5.74) is 7.94. The van der Waals surface area contributed by atoms with Gasteiger partial charge in [0.2, 0.25) is 11.8 Å². The highest BCUT2D eigenvalue weighted by molar-refractivity contribution is 7.07. The van der Waals surface area contributed by atoms with E-state index in [2.05, 4.69) is 4.98 Å². The lowest BCUT2D eigenvalue weighted by molar-refractivity contribution is -0.128. The van der Waals surface area contributed by atoms with Gasteiger partial charge in [0.05, 0.1) is 17.1 Å². The summed E-state index contributed by atoms with van der Waals surface area (Å²) in [6.07, 6.45) is 0.993. The van der Waals surface area contributed by atoms with Crippen molar-refractivity contribution >= 4 is 23.2 Å². The SMILES string of the molecule is NC(=O)C1CC(=O)N(CCc2cscn2)C1. The Labute approximate surface area is 97.3 Å². The third-order valence-corrected chi connectivity index (χ3v) is 3.37. The zero-order valence-corrected chi connectivity index (χ0v) is 9.57. The van der Waals surface area contributed by atoms with Gasteiger partial charge in [0.1, 0.15) is 0 Å². The monoisotopic (exact) mass is 239 g/mol. The van der Waals surface area contributed by atoms with Crippen LogP contribution in [0.1, 0.15) is 12.1 Å². The molecule has 0 aliphatic carbocycles. The summed E-state index contributed by atoms with van der Waals surface area (Å²) >= 11 is 1.54. The Balaban J connectivity index is 1.87. The molecule has 16 heavy (non-hydrogen) atoms. The molecule has 1 fully saturated rings. The molecule has 0 radical (unpaired) electrons. The molecule has 2 rings (SSSR count). The second-order valence-electron chi connectivity index (χ2n) is 3.87. The molecule has 86 valence electrons. The van der Waals surface area contributed by atoms with Gasteiger partial charge < -0.3 is 10.6 Å². The van der Waals surface area contributed by atoms with Gasteiger partial charge in [-0.1, -0.05) is 0 Å². The van der Waals surface area contributed by atoms with Gasteiger partial charge in [0.25, 0.3) is 0 Å². The Morgan fingerprint density at radius 1 is 1.69 bits per heavy atom. The largest absolute Gasteiger partial charge is 0.369 e. The standard InChI is InChI=1S/C10H13N3O2S/c11-10(15)7-3-9(14)13(4-7)2-1-8-5-16-6-12-8/h5-7H,1-4H2,(H2,11,15).